The largest absolute Gasteiger partial charge is 0.341 e. The molecule has 0 unspecified atom stereocenters. The van der Waals surface area contributed by atoms with Gasteiger partial charge in [0.1, 0.15) is 5.82 Å². The van der Waals surface area contributed by atoms with E-state index >= 15 is 0 Å². The Morgan fingerprint density at radius 3 is 2.76 bits per heavy atom. The first kappa shape index (κ1) is 22.3. The van der Waals surface area contributed by atoms with E-state index in [-0.39, 0.29) is 41.4 Å². The predicted octanol–water partition coefficient (Wildman–Crippen LogP) is 0.907. The first-order valence-corrected chi connectivity index (χ1v) is 10.6. The maximum atomic E-state index is 14.5. The summed E-state index contributed by atoms with van der Waals surface area (Å²) >= 11 is 0. The molecule has 10 heteroatoms. The molecule has 1 saturated heterocycles. The molecule has 33 heavy (non-hydrogen) atoms. The van der Waals surface area contributed by atoms with Crippen LogP contribution in [-0.2, 0) is 20.1 Å². The molecule has 0 aliphatic carbocycles. The highest BCUT2D eigenvalue weighted by atomic mass is 19.1. The first-order valence-electron chi connectivity index (χ1n) is 10.6. The van der Waals surface area contributed by atoms with Crippen molar-refractivity contribution in [3.8, 4) is 17.9 Å². The molecule has 3 heterocycles. The van der Waals surface area contributed by atoms with Crippen LogP contribution in [0.15, 0.2) is 27.8 Å². The molecule has 9 nitrogen and oxygen atoms in total. The van der Waals surface area contributed by atoms with Gasteiger partial charge in [0.05, 0.1) is 24.7 Å². The molecule has 170 valence electrons. The van der Waals surface area contributed by atoms with Gasteiger partial charge in [-0.15, -0.1) is 5.92 Å². The number of rotatable bonds is 4. The molecule has 1 aliphatic rings. The molecule has 1 fully saturated rings. The molecule has 1 aliphatic heterocycles. The van der Waals surface area contributed by atoms with Crippen molar-refractivity contribution in [2.45, 2.75) is 38.9 Å². The van der Waals surface area contributed by atoms with E-state index in [1.165, 1.54) is 23.7 Å². The molecule has 1 aromatic carbocycles. The van der Waals surface area contributed by atoms with Gasteiger partial charge in [-0.3, -0.25) is 18.5 Å². The van der Waals surface area contributed by atoms with Crippen LogP contribution in [0.1, 0.15) is 30.9 Å². The summed E-state index contributed by atoms with van der Waals surface area (Å²) < 4.78 is 18.5. The van der Waals surface area contributed by atoms with Crippen LogP contribution in [0.4, 0.5) is 10.3 Å². The zero-order valence-electron chi connectivity index (χ0n) is 18.5. The standard InChI is InChI=1S/C23H24FN7O2/c1-3-4-10-30-19-20(27-22(30)29-9-5-6-17(26)14-29)28(2)23(33)31(21(19)32)13-16-8-7-15(12-25)11-18(16)24/h7-8,11,17H,5-6,9-10,13-14,26H2,1-2H3/t17-/m1/s1. The van der Waals surface area contributed by atoms with Gasteiger partial charge in [-0.1, -0.05) is 12.0 Å². The molecule has 0 bridgehead atoms. The van der Waals surface area contributed by atoms with E-state index in [1.807, 2.05) is 11.0 Å². The van der Waals surface area contributed by atoms with Crippen molar-refractivity contribution in [2.75, 3.05) is 18.0 Å². The number of benzene rings is 1. The van der Waals surface area contributed by atoms with Gasteiger partial charge >= 0.3 is 5.69 Å². The number of anilines is 1. The summed E-state index contributed by atoms with van der Waals surface area (Å²) in [7, 11) is 1.53. The molecule has 1 atom stereocenters. The Morgan fingerprint density at radius 1 is 1.30 bits per heavy atom. The molecule has 0 radical (unpaired) electrons. The van der Waals surface area contributed by atoms with Crippen LogP contribution in [0.3, 0.4) is 0 Å². The van der Waals surface area contributed by atoms with Gasteiger partial charge in [0.2, 0.25) is 5.95 Å². The quantitative estimate of drug-likeness (QED) is 0.592. The fraction of sp³-hybridized carbons (Fsp3) is 0.391. The Kier molecular flexibility index (Phi) is 6.03. The summed E-state index contributed by atoms with van der Waals surface area (Å²) in [4.78, 5) is 33.2. The summed E-state index contributed by atoms with van der Waals surface area (Å²) in [6, 6.07) is 5.80. The van der Waals surface area contributed by atoms with E-state index in [9.17, 15) is 14.0 Å². The highest BCUT2D eigenvalue weighted by Gasteiger charge is 2.26. The number of piperidine rings is 1. The van der Waals surface area contributed by atoms with Crippen molar-refractivity contribution < 1.29 is 4.39 Å². The van der Waals surface area contributed by atoms with Crippen LogP contribution in [0.25, 0.3) is 11.2 Å². The number of halogens is 1. The average molecular weight is 449 g/mol. The minimum absolute atomic E-state index is 0.0101. The van der Waals surface area contributed by atoms with Gasteiger partial charge in [-0.2, -0.15) is 10.2 Å². The lowest BCUT2D eigenvalue weighted by Crippen LogP contribution is -2.44. The molecule has 2 aromatic heterocycles. The fourth-order valence-corrected chi connectivity index (χ4v) is 4.16. The summed E-state index contributed by atoms with van der Waals surface area (Å²) in [5, 5.41) is 8.96. The molecule has 3 aromatic rings. The van der Waals surface area contributed by atoms with Gasteiger partial charge in [0, 0.05) is 31.7 Å². The van der Waals surface area contributed by atoms with Crippen molar-refractivity contribution in [1.82, 2.24) is 18.7 Å². The third-order valence-electron chi connectivity index (χ3n) is 5.88. The number of aryl methyl sites for hydroxylation is 1. The Labute approximate surface area is 189 Å². The fourth-order valence-electron chi connectivity index (χ4n) is 4.16. The second kappa shape index (κ2) is 8.93. The second-order valence-electron chi connectivity index (χ2n) is 8.10. The van der Waals surface area contributed by atoms with Crippen LogP contribution in [0.5, 0.6) is 0 Å². The van der Waals surface area contributed by atoms with Crippen LogP contribution in [0.2, 0.25) is 0 Å². The minimum Gasteiger partial charge on any atom is -0.341 e. The average Bonchev–Trinajstić information content (AvgIpc) is 3.19. The number of nitrogens with zero attached hydrogens (tertiary/aromatic N) is 6. The third-order valence-corrected chi connectivity index (χ3v) is 5.88. The van der Waals surface area contributed by atoms with E-state index in [1.54, 1.807) is 11.5 Å². The zero-order valence-corrected chi connectivity index (χ0v) is 18.5. The molecular weight excluding hydrogens is 425 g/mol. The Balaban J connectivity index is 1.91. The summed E-state index contributed by atoms with van der Waals surface area (Å²) in [6.45, 7) is 2.97. The molecule has 0 spiro atoms. The van der Waals surface area contributed by atoms with Gasteiger partial charge < -0.3 is 10.6 Å². The van der Waals surface area contributed by atoms with E-state index in [4.69, 9.17) is 11.0 Å². The molecular formula is C23H24FN7O2. The molecule has 0 amide bonds. The van der Waals surface area contributed by atoms with Crippen molar-refractivity contribution in [2.24, 2.45) is 12.8 Å². The van der Waals surface area contributed by atoms with E-state index in [0.717, 1.165) is 30.0 Å². The number of imidazole rings is 1. The molecule has 4 rings (SSSR count). The number of fused-ring (bicyclic) bond motifs is 1. The summed E-state index contributed by atoms with van der Waals surface area (Å²) in [6.07, 6.45) is 1.80. The lowest BCUT2D eigenvalue weighted by Gasteiger charge is -2.31. The Bertz CT molecular complexity index is 1450. The van der Waals surface area contributed by atoms with E-state index in [2.05, 4.69) is 16.8 Å². The predicted molar refractivity (Wildman–Crippen MR) is 122 cm³/mol. The Morgan fingerprint density at radius 2 is 2.09 bits per heavy atom. The summed E-state index contributed by atoms with van der Waals surface area (Å²) in [5.74, 6) is 5.69. The van der Waals surface area contributed by atoms with E-state index in [0.29, 0.717) is 12.5 Å². The number of hydrogen-bond acceptors (Lipinski definition) is 6. The minimum atomic E-state index is -0.656. The van der Waals surface area contributed by atoms with Crippen molar-refractivity contribution in [3.63, 3.8) is 0 Å². The van der Waals surface area contributed by atoms with E-state index < -0.39 is 17.1 Å². The lowest BCUT2D eigenvalue weighted by atomic mass is 10.1. The number of nitriles is 1. The molecule has 0 saturated carbocycles. The summed E-state index contributed by atoms with van der Waals surface area (Å²) in [5.41, 5.74) is 5.73. The Hall–Kier alpha value is -3.89. The molecule has 2 N–H and O–H groups in total. The number of nitrogens with two attached hydrogens (primary N) is 1. The monoisotopic (exact) mass is 449 g/mol. The highest BCUT2D eigenvalue weighted by Crippen LogP contribution is 2.23. The lowest BCUT2D eigenvalue weighted by molar-refractivity contribution is 0.496. The van der Waals surface area contributed by atoms with Gasteiger partial charge in [-0.05, 0) is 31.9 Å². The van der Waals surface area contributed by atoms with Crippen LogP contribution in [0, 0.1) is 29.0 Å². The van der Waals surface area contributed by atoms with Crippen LogP contribution >= 0.6 is 0 Å². The highest BCUT2D eigenvalue weighted by molar-refractivity contribution is 5.75. The van der Waals surface area contributed by atoms with Crippen LogP contribution < -0.4 is 21.9 Å². The van der Waals surface area contributed by atoms with Crippen molar-refractivity contribution >= 4 is 17.1 Å². The number of hydrogen-bond donors (Lipinski definition) is 1. The second-order valence-corrected chi connectivity index (χ2v) is 8.10. The zero-order chi connectivity index (χ0) is 23.7. The van der Waals surface area contributed by atoms with Gasteiger partial charge in [0.15, 0.2) is 11.2 Å². The van der Waals surface area contributed by atoms with Gasteiger partial charge in [0.25, 0.3) is 5.56 Å². The topological polar surface area (TPSA) is 115 Å². The first-order chi connectivity index (χ1) is 15.8. The van der Waals surface area contributed by atoms with Crippen molar-refractivity contribution in [1.29, 1.82) is 5.26 Å². The maximum absolute atomic E-state index is 14.5. The van der Waals surface area contributed by atoms with Crippen molar-refractivity contribution in [3.05, 3.63) is 56.0 Å². The van der Waals surface area contributed by atoms with Crippen LogP contribution in [-0.4, -0.2) is 37.8 Å². The van der Waals surface area contributed by atoms with Gasteiger partial charge in [-0.25, -0.2) is 9.18 Å². The SMILES string of the molecule is CC#CCn1c(N2CCC[C@@H](N)C2)nc2c1c(=O)n(Cc1ccc(C#N)cc1F)c(=O)n2C. The smallest absolute Gasteiger partial charge is 0.332 e. The third kappa shape index (κ3) is 4.01. The normalized spacial score (nSPS) is 15.8. The maximum Gasteiger partial charge on any atom is 0.332 e. The number of aromatic nitrogens is 4.